The molecule has 1 aliphatic heterocycles. The van der Waals surface area contributed by atoms with Gasteiger partial charge in [0.05, 0.1) is 12.7 Å². The lowest BCUT2D eigenvalue weighted by molar-refractivity contribution is -0.137. The van der Waals surface area contributed by atoms with E-state index in [1.807, 2.05) is 0 Å². The van der Waals surface area contributed by atoms with Crippen molar-refractivity contribution < 1.29 is 41.6 Å². The first-order valence-corrected chi connectivity index (χ1v) is 11.4. The van der Waals surface area contributed by atoms with Crippen LogP contribution in [-0.4, -0.2) is 33.6 Å². The predicted octanol–water partition coefficient (Wildman–Crippen LogP) is 4.48. The standard InChI is InChI=1S/C20H19F3N5O6P/c1-11-9-24-19(26-14-5-12(20(21,22)23)6-15(7-14)32-2)27-18(11)25-13-3-4-17-16(8-13)28(10-33-17)34-35(29,30)31/h3-9H,10H2,1-2H3,(H2,29,30,31)(H2,24,25,26,27). The molecular weight excluding hydrogens is 494 g/mol. The van der Waals surface area contributed by atoms with E-state index in [4.69, 9.17) is 19.3 Å². The number of aromatic nitrogens is 2. The van der Waals surface area contributed by atoms with Gasteiger partial charge in [-0.3, -0.25) is 0 Å². The van der Waals surface area contributed by atoms with E-state index < -0.39 is 19.6 Å². The number of ether oxygens (including phenoxy) is 2. The maximum absolute atomic E-state index is 13.2. The number of alkyl halides is 3. The maximum Gasteiger partial charge on any atom is 0.491 e. The minimum atomic E-state index is -4.80. The zero-order valence-corrected chi connectivity index (χ0v) is 19.1. The zero-order chi connectivity index (χ0) is 25.4. The Bertz CT molecular complexity index is 1300. The molecule has 35 heavy (non-hydrogen) atoms. The van der Waals surface area contributed by atoms with E-state index in [1.165, 1.54) is 25.4 Å². The SMILES string of the molecule is COc1cc(Nc2ncc(C)c(Nc3ccc4c(c3)N(OP(=O)(O)O)CO4)n2)cc(C(F)(F)F)c1. The van der Waals surface area contributed by atoms with Crippen LogP contribution >= 0.6 is 7.82 Å². The highest BCUT2D eigenvalue weighted by molar-refractivity contribution is 7.46. The number of phosphoric acid groups is 1. The van der Waals surface area contributed by atoms with Crippen LogP contribution in [0.3, 0.4) is 0 Å². The Morgan fingerprint density at radius 1 is 1.14 bits per heavy atom. The van der Waals surface area contributed by atoms with Gasteiger partial charge in [0.15, 0.2) is 6.73 Å². The summed E-state index contributed by atoms with van der Waals surface area (Å²) in [6, 6.07) is 7.92. The van der Waals surface area contributed by atoms with Crippen molar-refractivity contribution in [3.05, 3.63) is 53.7 Å². The average molecular weight is 513 g/mol. The number of rotatable bonds is 7. The normalized spacial score (nSPS) is 13.3. The fourth-order valence-corrected chi connectivity index (χ4v) is 3.55. The van der Waals surface area contributed by atoms with Crippen molar-refractivity contribution >= 4 is 36.7 Å². The molecule has 4 rings (SSSR count). The van der Waals surface area contributed by atoms with E-state index in [0.29, 0.717) is 22.8 Å². The van der Waals surface area contributed by atoms with Crippen LogP contribution in [-0.2, 0) is 15.4 Å². The molecule has 0 unspecified atom stereocenters. The largest absolute Gasteiger partial charge is 0.497 e. The van der Waals surface area contributed by atoms with Gasteiger partial charge < -0.3 is 29.9 Å². The highest BCUT2D eigenvalue weighted by atomic mass is 31.2. The summed E-state index contributed by atoms with van der Waals surface area (Å²) in [6.45, 7) is 1.50. The van der Waals surface area contributed by atoms with Crippen molar-refractivity contribution in [2.24, 2.45) is 0 Å². The van der Waals surface area contributed by atoms with Crippen LogP contribution < -0.4 is 25.2 Å². The molecular formula is C20H19F3N5O6P. The third-order valence-electron chi connectivity index (χ3n) is 4.73. The van der Waals surface area contributed by atoms with Crippen molar-refractivity contribution in [3.8, 4) is 11.5 Å². The lowest BCUT2D eigenvalue weighted by Crippen LogP contribution is -2.20. The number of hydrogen-bond acceptors (Lipinski definition) is 9. The number of fused-ring (bicyclic) bond motifs is 1. The minimum absolute atomic E-state index is 0.00947. The monoisotopic (exact) mass is 513 g/mol. The summed E-state index contributed by atoms with van der Waals surface area (Å²) >= 11 is 0. The number of benzene rings is 2. The Morgan fingerprint density at radius 3 is 2.60 bits per heavy atom. The third-order valence-corrected chi connectivity index (χ3v) is 5.14. The van der Waals surface area contributed by atoms with Gasteiger partial charge in [-0.15, -0.1) is 0 Å². The van der Waals surface area contributed by atoms with Gasteiger partial charge in [0.1, 0.15) is 23.0 Å². The van der Waals surface area contributed by atoms with Crippen molar-refractivity contribution in [2.45, 2.75) is 13.1 Å². The topological polar surface area (TPSA) is 138 Å². The highest BCUT2D eigenvalue weighted by Gasteiger charge is 2.32. The Kier molecular flexibility index (Phi) is 6.47. The number of methoxy groups -OCH3 is 1. The third kappa shape index (κ3) is 5.92. The van der Waals surface area contributed by atoms with E-state index in [-0.39, 0.29) is 29.8 Å². The summed E-state index contributed by atoms with van der Waals surface area (Å²) in [4.78, 5) is 26.6. The molecule has 0 spiro atoms. The van der Waals surface area contributed by atoms with Gasteiger partial charge in [0.2, 0.25) is 5.95 Å². The number of hydroxylamine groups is 1. The molecule has 11 nitrogen and oxygen atoms in total. The summed E-state index contributed by atoms with van der Waals surface area (Å²) in [7, 11) is -3.54. The fourth-order valence-electron chi connectivity index (χ4n) is 3.15. The number of anilines is 5. The molecule has 1 aliphatic rings. The van der Waals surface area contributed by atoms with Gasteiger partial charge >= 0.3 is 14.0 Å². The van der Waals surface area contributed by atoms with Crippen LogP contribution in [0.1, 0.15) is 11.1 Å². The molecule has 3 aromatic rings. The number of halogens is 3. The van der Waals surface area contributed by atoms with E-state index in [1.54, 1.807) is 19.1 Å². The van der Waals surface area contributed by atoms with Crippen LogP contribution in [0.4, 0.5) is 42.0 Å². The lowest BCUT2D eigenvalue weighted by atomic mass is 10.2. The second-order valence-electron chi connectivity index (χ2n) is 7.33. The summed E-state index contributed by atoms with van der Waals surface area (Å²) in [5.74, 6) is 0.720. The van der Waals surface area contributed by atoms with Gasteiger partial charge in [-0.1, -0.05) is 0 Å². The minimum Gasteiger partial charge on any atom is -0.497 e. The summed E-state index contributed by atoms with van der Waals surface area (Å²) in [6.07, 6.45) is -3.09. The lowest BCUT2D eigenvalue weighted by Gasteiger charge is -2.17. The maximum atomic E-state index is 13.2. The Balaban J connectivity index is 1.58. The molecule has 0 saturated carbocycles. The molecule has 186 valence electrons. The fraction of sp³-hybridized carbons (Fsp3) is 0.200. The highest BCUT2D eigenvalue weighted by Crippen LogP contribution is 2.44. The molecule has 0 saturated heterocycles. The van der Waals surface area contributed by atoms with Gasteiger partial charge in [0.25, 0.3) is 0 Å². The Morgan fingerprint density at radius 2 is 1.91 bits per heavy atom. The van der Waals surface area contributed by atoms with Crippen LogP contribution in [0.5, 0.6) is 11.5 Å². The molecule has 4 N–H and O–H groups in total. The molecule has 2 aromatic carbocycles. The number of nitrogens with zero attached hydrogens (tertiary/aromatic N) is 3. The van der Waals surface area contributed by atoms with Crippen molar-refractivity contribution in [2.75, 3.05) is 29.5 Å². The average Bonchev–Trinajstić information content (AvgIpc) is 3.15. The van der Waals surface area contributed by atoms with E-state index in [0.717, 1.165) is 17.2 Å². The van der Waals surface area contributed by atoms with E-state index >= 15 is 0 Å². The molecule has 1 aromatic heterocycles. The van der Waals surface area contributed by atoms with E-state index in [2.05, 4.69) is 25.2 Å². The van der Waals surface area contributed by atoms with E-state index in [9.17, 15) is 17.7 Å². The van der Waals surface area contributed by atoms with Crippen molar-refractivity contribution in [3.63, 3.8) is 0 Å². The summed E-state index contributed by atoms with van der Waals surface area (Å²) < 4.78 is 65.7. The smallest absolute Gasteiger partial charge is 0.491 e. The first-order valence-electron chi connectivity index (χ1n) is 9.85. The number of aryl methyl sites for hydroxylation is 1. The van der Waals surface area contributed by atoms with Gasteiger partial charge in [-0.05, 0) is 37.3 Å². The van der Waals surface area contributed by atoms with Crippen LogP contribution in [0.2, 0.25) is 0 Å². The number of nitrogens with one attached hydrogen (secondary N) is 2. The molecule has 0 radical (unpaired) electrons. The zero-order valence-electron chi connectivity index (χ0n) is 18.2. The molecule has 0 bridgehead atoms. The summed E-state index contributed by atoms with van der Waals surface area (Å²) in [5.41, 5.74) is 0.553. The van der Waals surface area contributed by atoms with Gasteiger partial charge in [-0.2, -0.15) is 22.8 Å². The molecule has 0 amide bonds. The van der Waals surface area contributed by atoms with Crippen LogP contribution in [0.25, 0.3) is 0 Å². The van der Waals surface area contributed by atoms with Crippen LogP contribution in [0.15, 0.2) is 42.6 Å². The molecule has 15 heteroatoms. The molecule has 0 aliphatic carbocycles. The Labute approximate surface area is 196 Å². The van der Waals surface area contributed by atoms with Crippen molar-refractivity contribution in [1.29, 1.82) is 0 Å². The number of hydrogen-bond donors (Lipinski definition) is 4. The quantitative estimate of drug-likeness (QED) is 0.333. The van der Waals surface area contributed by atoms with Gasteiger partial charge in [0, 0.05) is 29.2 Å². The first-order chi connectivity index (χ1) is 16.4. The second kappa shape index (κ2) is 9.23. The first kappa shape index (κ1) is 24.5. The van der Waals surface area contributed by atoms with Gasteiger partial charge in [-0.25, -0.2) is 14.6 Å². The summed E-state index contributed by atoms with van der Waals surface area (Å²) in [5, 5.41) is 6.70. The molecule has 0 fully saturated rings. The van der Waals surface area contributed by atoms with Crippen molar-refractivity contribution in [1.82, 2.24) is 9.97 Å². The Hall–Kier alpha value is -3.58. The molecule has 0 atom stereocenters. The predicted molar refractivity (Wildman–Crippen MR) is 119 cm³/mol. The van der Waals surface area contributed by atoms with Crippen LogP contribution in [0, 0.1) is 6.92 Å². The second-order valence-corrected chi connectivity index (χ2v) is 8.47. The molecule has 2 heterocycles.